The van der Waals surface area contributed by atoms with E-state index in [2.05, 4.69) is 27.7 Å². The summed E-state index contributed by atoms with van der Waals surface area (Å²) in [7, 11) is 0. The van der Waals surface area contributed by atoms with Gasteiger partial charge in [-0.1, -0.05) is 66.2 Å². The Hall–Kier alpha value is -4.94. The Morgan fingerprint density at radius 1 is 0.646 bits per heavy atom. The van der Waals surface area contributed by atoms with Crippen LogP contribution in [0.1, 0.15) is 84.6 Å². The number of rotatable bonds is 16. The topological polar surface area (TPSA) is 235 Å². The molecule has 2 unspecified atom stereocenters. The summed E-state index contributed by atoms with van der Waals surface area (Å²) in [6.07, 6.45) is 9.54. The van der Waals surface area contributed by atoms with Gasteiger partial charge in [-0.3, -0.25) is 20.2 Å². The molecule has 0 saturated heterocycles. The maximum Gasteiger partial charge on any atom is 0.298 e. The second-order valence-electron chi connectivity index (χ2n) is 11.8. The average molecular weight is 670 g/mol. The maximum absolute atomic E-state index is 10.3. The number of hydrogen-bond acceptors (Lipinski definition) is 11. The number of hydrogen-bond donors (Lipinski definition) is 5. The van der Waals surface area contributed by atoms with Gasteiger partial charge in [0.05, 0.1) is 40.5 Å². The molecule has 2 atom stereocenters. The number of nitro groups is 2. The van der Waals surface area contributed by atoms with Crippen molar-refractivity contribution in [3.63, 3.8) is 0 Å². The Balaban J connectivity index is 0.000000428. The zero-order chi connectivity index (χ0) is 36.2. The highest BCUT2D eigenvalue weighted by Gasteiger charge is 2.17. The van der Waals surface area contributed by atoms with E-state index in [-0.39, 0.29) is 11.4 Å². The summed E-state index contributed by atoms with van der Waals surface area (Å²) in [5, 5.41) is 20.5. The molecule has 0 aliphatic heterocycles. The van der Waals surface area contributed by atoms with Gasteiger partial charge in [-0.05, 0) is 61.4 Å². The smallest absolute Gasteiger partial charge is 0.298 e. The Bertz CT molecular complexity index is 1390. The number of anilines is 5. The Morgan fingerprint density at radius 3 is 1.50 bits per heavy atom. The maximum atomic E-state index is 10.3. The molecule has 0 aliphatic rings. The molecule has 3 aromatic carbocycles. The molecule has 0 saturated carbocycles. The van der Waals surface area contributed by atoms with Gasteiger partial charge in [0.15, 0.2) is 0 Å². The molecule has 0 bridgehead atoms. The van der Waals surface area contributed by atoms with Gasteiger partial charge in [-0.15, -0.1) is 0 Å². The standard InChI is InChI=1S/C22H40N2O2.C7H10N2.C6H5N3O4/c1-5-9-11-17(7-3)15-25-21-13-20(24)22(14-19(21)23)26-16-18(8-4)12-10-6-2;1-5-4-6(8)2-3-7(5)9;7-5-2-1-4(8(10)11)3-6(5)9(12)13/h13-14,17-18H,5-12,15-16,23-24H2,1-4H3;2-4H,8-9H2,1H3;1-3H,7H2. The Morgan fingerprint density at radius 2 is 1.12 bits per heavy atom. The van der Waals surface area contributed by atoms with Gasteiger partial charge in [-0.2, -0.15) is 0 Å². The van der Waals surface area contributed by atoms with E-state index in [1.807, 2.05) is 31.2 Å². The van der Waals surface area contributed by atoms with Crippen LogP contribution in [0.15, 0.2) is 48.5 Å². The quantitative estimate of drug-likeness (QED) is 0.0552. The second-order valence-corrected chi connectivity index (χ2v) is 11.8. The van der Waals surface area contributed by atoms with Crippen LogP contribution < -0.4 is 38.1 Å². The monoisotopic (exact) mass is 669 g/mol. The SMILES string of the molecule is CCCCC(CC)COc1cc(N)c(OCC(CC)CCCC)cc1N.Cc1cc(N)ccc1N.Nc1ccc([N+](=O)[O-])cc1[N+](=O)[O-]. The zero-order valence-corrected chi connectivity index (χ0v) is 29.1. The largest absolute Gasteiger partial charge is 0.491 e. The van der Waals surface area contributed by atoms with Gasteiger partial charge in [-0.25, -0.2) is 0 Å². The normalized spacial score (nSPS) is 11.6. The van der Waals surface area contributed by atoms with E-state index in [0.29, 0.717) is 47.9 Å². The van der Waals surface area contributed by atoms with Crippen molar-refractivity contribution in [2.24, 2.45) is 11.8 Å². The van der Waals surface area contributed by atoms with Crippen LogP contribution in [0.5, 0.6) is 11.5 Å². The van der Waals surface area contributed by atoms with Crippen molar-refractivity contribution in [3.05, 3.63) is 74.3 Å². The number of benzene rings is 3. The van der Waals surface area contributed by atoms with Gasteiger partial charge in [0.2, 0.25) is 0 Å². The Kier molecular flexibility index (Phi) is 18.6. The third kappa shape index (κ3) is 14.7. The number of unbranched alkanes of at least 4 members (excludes halogenated alkanes) is 2. The molecule has 0 spiro atoms. The van der Waals surface area contributed by atoms with Crippen LogP contribution in [0.2, 0.25) is 0 Å². The van der Waals surface area contributed by atoms with E-state index in [1.165, 1.54) is 38.5 Å². The first kappa shape index (κ1) is 41.1. The minimum Gasteiger partial charge on any atom is -0.491 e. The highest BCUT2D eigenvalue weighted by atomic mass is 16.6. The number of non-ortho nitro benzene ring substituents is 1. The van der Waals surface area contributed by atoms with Crippen LogP contribution >= 0.6 is 0 Å². The number of nitrogens with two attached hydrogens (primary N) is 5. The summed E-state index contributed by atoms with van der Waals surface area (Å²) < 4.78 is 11.9. The molecule has 13 heteroatoms. The van der Waals surface area contributed by atoms with Crippen molar-refractivity contribution in [2.45, 2.75) is 86.0 Å². The fraction of sp³-hybridized carbons (Fsp3) is 0.486. The molecule has 0 aliphatic carbocycles. The molecular formula is C35H55N7O6. The highest BCUT2D eigenvalue weighted by Crippen LogP contribution is 2.34. The first-order valence-corrected chi connectivity index (χ1v) is 16.5. The zero-order valence-electron chi connectivity index (χ0n) is 29.1. The molecule has 266 valence electrons. The van der Waals surface area contributed by atoms with Gasteiger partial charge in [0.25, 0.3) is 11.4 Å². The molecule has 0 heterocycles. The summed E-state index contributed by atoms with van der Waals surface area (Å²) in [5.74, 6) is 2.47. The van der Waals surface area contributed by atoms with Crippen molar-refractivity contribution in [1.29, 1.82) is 0 Å². The summed E-state index contributed by atoms with van der Waals surface area (Å²) in [6.45, 7) is 12.2. The molecule has 0 fully saturated rings. The van der Waals surface area contributed by atoms with Crippen molar-refractivity contribution < 1.29 is 19.3 Å². The molecule has 10 N–H and O–H groups in total. The van der Waals surface area contributed by atoms with Crippen molar-refractivity contribution in [1.82, 2.24) is 0 Å². The molecule has 0 radical (unpaired) electrons. The number of nitrogen functional groups attached to an aromatic ring is 5. The molecule has 3 rings (SSSR count). The van der Waals surface area contributed by atoms with E-state index < -0.39 is 15.5 Å². The molecule has 3 aromatic rings. The highest BCUT2D eigenvalue weighted by molar-refractivity contribution is 5.67. The summed E-state index contributed by atoms with van der Waals surface area (Å²) in [5.41, 5.74) is 31.5. The van der Waals surface area contributed by atoms with E-state index >= 15 is 0 Å². The molecule has 0 aromatic heterocycles. The summed E-state index contributed by atoms with van der Waals surface area (Å²) in [6, 6.07) is 12.2. The number of nitrogens with zero attached hydrogens (tertiary/aromatic N) is 2. The van der Waals surface area contributed by atoms with Gasteiger partial charge >= 0.3 is 0 Å². The minimum absolute atomic E-state index is 0.0874. The van der Waals surface area contributed by atoms with E-state index in [0.717, 1.165) is 48.0 Å². The van der Waals surface area contributed by atoms with Crippen molar-refractivity contribution in [3.8, 4) is 11.5 Å². The van der Waals surface area contributed by atoms with Crippen LogP contribution in [0.4, 0.5) is 39.8 Å². The van der Waals surface area contributed by atoms with Crippen LogP contribution in [0, 0.1) is 39.0 Å². The molecule has 0 amide bonds. The van der Waals surface area contributed by atoms with Crippen LogP contribution in [-0.4, -0.2) is 23.1 Å². The van der Waals surface area contributed by atoms with Gasteiger partial charge in [0, 0.05) is 29.6 Å². The number of aryl methyl sites for hydroxylation is 1. The average Bonchev–Trinajstić information content (AvgIpc) is 3.05. The van der Waals surface area contributed by atoms with Crippen LogP contribution in [0.3, 0.4) is 0 Å². The second kappa shape index (κ2) is 21.8. The number of nitro benzene ring substituents is 2. The number of ether oxygens (including phenoxy) is 2. The predicted molar refractivity (Wildman–Crippen MR) is 197 cm³/mol. The fourth-order valence-electron chi connectivity index (χ4n) is 4.56. The molecule has 13 nitrogen and oxygen atoms in total. The predicted octanol–water partition coefficient (Wildman–Crippen LogP) is 8.29. The fourth-order valence-corrected chi connectivity index (χ4v) is 4.56. The third-order valence-corrected chi connectivity index (χ3v) is 7.89. The first-order chi connectivity index (χ1) is 22.8. The lowest BCUT2D eigenvalue weighted by Crippen LogP contribution is -2.14. The molecule has 48 heavy (non-hydrogen) atoms. The first-order valence-electron chi connectivity index (χ1n) is 16.5. The lowest BCUT2D eigenvalue weighted by Gasteiger charge is -2.19. The lowest BCUT2D eigenvalue weighted by molar-refractivity contribution is -0.393. The molecular weight excluding hydrogens is 614 g/mol. The Labute approximate surface area is 284 Å². The van der Waals surface area contributed by atoms with Gasteiger partial charge in [0.1, 0.15) is 17.2 Å². The summed E-state index contributed by atoms with van der Waals surface area (Å²) in [4.78, 5) is 19.1. The van der Waals surface area contributed by atoms with E-state index in [4.69, 9.17) is 38.1 Å². The summed E-state index contributed by atoms with van der Waals surface area (Å²) >= 11 is 0. The van der Waals surface area contributed by atoms with Crippen molar-refractivity contribution in [2.75, 3.05) is 41.9 Å². The van der Waals surface area contributed by atoms with E-state index in [9.17, 15) is 20.2 Å². The van der Waals surface area contributed by atoms with Gasteiger partial charge < -0.3 is 38.1 Å². The third-order valence-electron chi connectivity index (χ3n) is 7.89. The van der Waals surface area contributed by atoms with E-state index in [1.54, 1.807) is 6.07 Å². The lowest BCUT2D eigenvalue weighted by atomic mass is 10.0. The minimum atomic E-state index is -0.762. The van der Waals surface area contributed by atoms with Crippen molar-refractivity contribution >= 4 is 39.8 Å². The van der Waals surface area contributed by atoms with Crippen LogP contribution in [-0.2, 0) is 0 Å². The van der Waals surface area contributed by atoms with Crippen LogP contribution in [0.25, 0.3) is 0 Å².